The molecule has 0 fully saturated rings. The fourth-order valence-electron chi connectivity index (χ4n) is 4.18. The number of hydrogen-bond donors (Lipinski definition) is 1. The summed E-state index contributed by atoms with van der Waals surface area (Å²) in [7, 11) is -0.160. The smallest absolute Gasteiger partial charge is 0.233 e. The molecule has 0 saturated heterocycles. The lowest BCUT2D eigenvalue weighted by Crippen LogP contribution is -2.27. The molecule has 0 aliphatic carbocycles. The Morgan fingerprint density at radius 1 is 1.17 bits per heavy atom. The third-order valence-corrected chi connectivity index (χ3v) is 7.29. The Bertz CT molecular complexity index is 1550. The maximum Gasteiger partial charge on any atom is 0.233 e. The molecule has 0 bridgehead atoms. The van der Waals surface area contributed by atoms with Gasteiger partial charge in [0.2, 0.25) is 15.9 Å². The molecule has 11 heteroatoms. The number of fused-ring (bicyclic) bond motifs is 2. The van der Waals surface area contributed by atoms with Crippen LogP contribution >= 0.6 is 0 Å². The second-order valence-electron chi connectivity index (χ2n) is 8.56. The topological polar surface area (TPSA) is 113 Å². The van der Waals surface area contributed by atoms with Crippen LogP contribution in [0.4, 0.5) is 17.2 Å². The van der Waals surface area contributed by atoms with Crippen molar-refractivity contribution in [3.05, 3.63) is 77.4 Å². The number of nitrogens with zero attached hydrogens (tertiary/aromatic N) is 6. The third-order valence-electron chi connectivity index (χ3n) is 6.12. The molecule has 0 saturated carbocycles. The van der Waals surface area contributed by atoms with Gasteiger partial charge in [-0.25, -0.2) is 22.9 Å². The summed E-state index contributed by atoms with van der Waals surface area (Å²) in [4.78, 5) is 22.6. The number of likely N-dealkylation sites (N-methyl/N-ethyl adjacent to an activating group) is 1. The van der Waals surface area contributed by atoms with Crippen molar-refractivity contribution >= 4 is 38.8 Å². The lowest BCUT2D eigenvalue weighted by atomic mass is 10.1. The summed E-state index contributed by atoms with van der Waals surface area (Å²) in [6.07, 6.45) is 5.50. The normalized spacial score (nSPS) is 13.3. The fourth-order valence-corrected chi connectivity index (χ4v) is 4.66. The lowest BCUT2D eigenvalue weighted by molar-refractivity contribution is -0.117. The van der Waals surface area contributed by atoms with Gasteiger partial charge in [-0.05, 0) is 35.4 Å². The average molecular weight is 492 g/mol. The van der Waals surface area contributed by atoms with Crippen LogP contribution in [0.3, 0.4) is 0 Å². The Balaban J connectivity index is 1.37. The van der Waals surface area contributed by atoms with Crippen molar-refractivity contribution in [1.82, 2.24) is 19.6 Å². The number of anilines is 3. The van der Waals surface area contributed by atoms with Gasteiger partial charge in [-0.1, -0.05) is 18.2 Å². The molecule has 0 unspecified atom stereocenters. The van der Waals surface area contributed by atoms with Gasteiger partial charge in [0.1, 0.15) is 5.82 Å². The van der Waals surface area contributed by atoms with Crippen molar-refractivity contribution in [2.75, 3.05) is 34.9 Å². The molecule has 10 nitrogen and oxygen atoms in total. The lowest BCUT2D eigenvalue weighted by Gasteiger charge is -2.19. The van der Waals surface area contributed by atoms with E-state index in [1.54, 1.807) is 28.7 Å². The van der Waals surface area contributed by atoms with Crippen molar-refractivity contribution < 1.29 is 13.2 Å². The minimum Gasteiger partial charge on any atom is -0.378 e. The number of aromatic nitrogens is 4. The number of nitrogens with one attached hydrogen (secondary N) is 1. The number of rotatable bonds is 7. The Morgan fingerprint density at radius 2 is 2.00 bits per heavy atom. The molecule has 3 aromatic heterocycles. The van der Waals surface area contributed by atoms with E-state index in [4.69, 9.17) is 4.98 Å². The second-order valence-corrected chi connectivity index (χ2v) is 10.6. The molecule has 0 radical (unpaired) electrons. The number of carbonyl (C=O) groups is 1. The second kappa shape index (κ2) is 8.66. The SMILES string of the molecule is CN1C(=O)Cc2cc(Cc3nc4c(NCc5cccnc5N(C)S(C)(=O)=O)cccn4n3)ccc21. The predicted molar refractivity (Wildman–Crippen MR) is 134 cm³/mol. The first kappa shape index (κ1) is 22.8. The Labute approximate surface area is 203 Å². The summed E-state index contributed by atoms with van der Waals surface area (Å²) in [6, 6.07) is 13.4. The predicted octanol–water partition coefficient (Wildman–Crippen LogP) is 2.24. The summed E-state index contributed by atoms with van der Waals surface area (Å²) in [5.74, 6) is 1.13. The Hall–Kier alpha value is -3.99. The van der Waals surface area contributed by atoms with Crippen molar-refractivity contribution in [3.8, 4) is 0 Å². The number of carbonyl (C=O) groups excluding carboxylic acids is 1. The number of benzene rings is 1. The van der Waals surface area contributed by atoms with Crippen LogP contribution in [0.2, 0.25) is 0 Å². The molecule has 1 aromatic carbocycles. The summed E-state index contributed by atoms with van der Waals surface area (Å²) in [5, 5.41) is 7.96. The standard InChI is InChI=1S/C24H25N7O3S/c1-29-20-9-8-16(12-18(20)14-22(29)32)13-21-27-24-19(7-5-11-31(24)28-21)26-15-17-6-4-10-25-23(17)30(2)35(3,33)34/h4-12,26H,13-15H2,1-3H3. The van der Waals surface area contributed by atoms with Crippen LogP contribution in [0.15, 0.2) is 54.9 Å². The van der Waals surface area contributed by atoms with Crippen LogP contribution in [0, 0.1) is 0 Å². The minimum absolute atomic E-state index is 0.0956. The molecule has 35 heavy (non-hydrogen) atoms. The zero-order valence-electron chi connectivity index (χ0n) is 19.6. The Morgan fingerprint density at radius 3 is 2.80 bits per heavy atom. The fraction of sp³-hybridized carbons (Fsp3) is 0.250. The highest BCUT2D eigenvalue weighted by Gasteiger charge is 2.24. The largest absolute Gasteiger partial charge is 0.378 e. The first-order chi connectivity index (χ1) is 16.7. The van der Waals surface area contributed by atoms with E-state index in [1.165, 1.54) is 11.4 Å². The van der Waals surface area contributed by atoms with Gasteiger partial charge >= 0.3 is 0 Å². The van der Waals surface area contributed by atoms with Crippen LogP contribution in [0.25, 0.3) is 5.65 Å². The summed E-state index contributed by atoms with van der Waals surface area (Å²) >= 11 is 0. The molecule has 4 aromatic rings. The highest BCUT2D eigenvalue weighted by atomic mass is 32.2. The van der Waals surface area contributed by atoms with Gasteiger partial charge in [-0.15, -0.1) is 0 Å². The maximum atomic E-state index is 12.0. The monoisotopic (exact) mass is 491 g/mol. The van der Waals surface area contributed by atoms with E-state index in [-0.39, 0.29) is 5.91 Å². The van der Waals surface area contributed by atoms with Crippen LogP contribution in [-0.4, -0.2) is 54.3 Å². The number of hydrogen-bond acceptors (Lipinski definition) is 7. The van der Waals surface area contributed by atoms with E-state index < -0.39 is 10.0 Å². The van der Waals surface area contributed by atoms with Gasteiger partial charge in [0, 0.05) is 50.7 Å². The first-order valence-electron chi connectivity index (χ1n) is 11.0. The van der Waals surface area contributed by atoms with E-state index in [1.807, 2.05) is 42.6 Å². The molecule has 1 amide bonds. The van der Waals surface area contributed by atoms with Gasteiger partial charge in [-0.3, -0.25) is 9.10 Å². The zero-order chi connectivity index (χ0) is 24.7. The van der Waals surface area contributed by atoms with Gasteiger partial charge in [0.25, 0.3) is 0 Å². The van der Waals surface area contributed by atoms with Crippen molar-refractivity contribution in [1.29, 1.82) is 0 Å². The maximum absolute atomic E-state index is 12.0. The van der Waals surface area contributed by atoms with Gasteiger partial charge < -0.3 is 10.2 Å². The van der Waals surface area contributed by atoms with Crippen molar-refractivity contribution in [2.24, 2.45) is 0 Å². The highest BCUT2D eigenvalue weighted by Crippen LogP contribution is 2.29. The summed E-state index contributed by atoms with van der Waals surface area (Å²) < 4.78 is 26.9. The summed E-state index contributed by atoms with van der Waals surface area (Å²) in [6.45, 7) is 0.358. The quantitative estimate of drug-likeness (QED) is 0.422. The average Bonchev–Trinajstić information content (AvgIpc) is 3.36. The van der Waals surface area contributed by atoms with E-state index in [0.717, 1.165) is 34.3 Å². The van der Waals surface area contributed by atoms with E-state index >= 15 is 0 Å². The number of sulfonamides is 1. The van der Waals surface area contributed by atoms with Gasteiger partial charge in [0.05, 0.1) is 18.4 Å². The third kappa shape index (κ3) is 4.42. The molecule has 180 valence electrons. The molecule has 0 spiro atoms. The van der Waals surface area contributed by atoms with Gasteiger partial charge in [-0.2, -0.15) is 5.10 Å². The van der Waals surface area contributed by atoms with Crippen molar-refractivity contribution in [2.45, 2.75) is 19.4 Å². The minimum atomic E-state index is -3.44. The van der Waals surface area contributed by atoms with Crippen molar-refractivity contribution in [3.63, 3.8) is 0 Å². The molecule has 1 aliphatic heterocycles. The zero-order valence-corrected chi connectivity index (χ0v) is 20.5. The van der Waals surface area contributed by atoms with E-state index in [9.17, 15) is 13.2 Å². The highest BCUT2D eigenvalue weighted by molar-refractivity contribution is 7.92. The molecule has 1 aliphatic rings. The molecule has 0 atom stereocenters. The van der Waals surface area contributed by atoms with Crippen LogP contribution in [0.5, 0.6) is 0 Å². The molecular formula is C24H25N7O3S. The molecular weight excluding hydrogens is 466 g/mol. The van der Waals surface area contributed by atoms with Crippen LogP contribution in [0.1, 0.15) is 22.5 Å². The van der Waals surface area contributed by atoms with E-state index in [2.05, 4.69) is 15.4 Å². The van der Waals surface area contributed by atoms with E-state index in [0.29, 0.717) is 36.7 Å². The van der Waals surface area contributed by atoms with Crippen LogP contribution < -0.4 is 14.5 Å². The molecule has 1 N–H and O–H groups in total. The molecule has 4 heterocycles. The van der Waals surface area contributed by atoms with Gasteiger partial charge in [0.15, 0.2) is 11.5 Å². The number of pyridine rings is 2. The molecule has 5 rings (SSSR count). The Kier molecular flexibility index (Phi) is 5.64. The van der Waals surface area contributed by atoms with Crippen LogP contribution in [-0.2, 0) is 34.2 Å². The first-order valence-corrected chi connectivity index (χ1v) is 12.9. The summed E-state index contributed by atoms with van der Waals surface area (Å²) in [5.41, 5.74) is 5.18. The number of amides is 1.